The minimum atomic E-state index is -0.422. The van der Waals surface area contributed by atoms with Crippen LogP contribution in [-0.2, 0) is 11.3 Å². The van der Waals surface area contributed by atoms with Crippen molar-refractivity contribution in [2.75, 3.05) is 13.2 Å². The number of hydrogen-bond acceptors (Lipinski definition) is 6. The quantitative estimate of drug-likeness (QED) is 0.248. The Morgan fingerprint density at radius 2 is 1.82 bits per heavy atom. The van der Waals surface area contributed by atoms with E-state index in [1.807, 2.05) is 0 Å². The third kappa shape index (κ3) is 5.10. The average Bonchev–Trinajstić information content (AvgIpc) is 3.34. The Kier molecular flexibility index (Phi) is 6.81. The molecule has 2 heterocycles. The molecule has 2 amide bonds. The monoisotopic (exact) mass is 483 g/mol. The summed E-state index contributed by atoms with van der Waals surface area (Å²) in [6.45, 7) is 0.457. The number of aromatic nitrogens is 1. The van der Waals surface area contributed by atoms with E-state index in [9.17, 15) is 19.7 Å². The van der Waals surface area contributed by atoms with Crippen LogP contribution in [0.5, 0.6) is 5.75 Å². The normalized spacial score (nSPS) is 14.8. The van der Waals surface area contributed by atoms with Crippen molar-refractivity contribution in [3.63, 3.8) is 0 Å². The maximum atomic E-state index is 12.8. The molecule has 33 heavy (non-hydrogen) atoms. The Hall–Kier alpha value is -3.56. The van der Waals surface area contributed by atoms with Gasteiger partial charge in [-0.2, -0.15) is 0 Å². The first-order chi connectivity index (χ1) is 15.9. The molecule has 2 aromatic carbocycles. The zero-order valence-corrected chi connectivity index (χ0v) is 18.8. The highest BCUT2D eigenvalue weighted by molar-refractivity contribution is 8.18. The van der Waals surface area contributed by atoms with Gasteiger partial charge in [0.25, 0.3) is 16.8 Å². The molecule has 0 saturated carbocycles. The molecular formula is C23H18ClN3O5S. The molecule has 1 saturated heterocycles. The lowest BCUT2D eigenvalue weighted by Crippen LogP contribution is -2.32. The molecule has 1 fully saturated rings. The summed E-state index contributed by atoms with van der Waals surface area (Å²) < 4.78 is 7.38. The van der Waals surface area contributed by atoms with Crippen LogP contribution in [0.15, 0.2) is 71.8 Å². The van der Waals surface area contributed by atoms with E-state index in [4.69, 9.17) is 16.3 Å². The van der Waals surface area contributed by atoms with E-state index in [-0.39, 0.29) is 35.5 Å². The lowest BCUT2D eigenvalue weighted by molar-refractivity contribution is -0.385. The first-order valence-electron chi connectivity index (χ1n) is 9.94. The fourth-order valence-corrected chi connectivity index (χ4v) is 4.38. The van der Waals surface area contributed by atoms with Gasteiger partial charge in [0, 0.05) is 23.5 Å². The number of halogens is 1. The number of amides is 2. The molecular weight excluding hydrogens is 466 g/mol. The van der Waals surface area contributed by atoms with Crippen molar-refractivity contribution in [3.05, 3.63) is 98.2 Å². The molecule has 0 aliphatic carbocycles. The minimum Gasteiger partial charge on any atom is -0.490 e. The number of rotatable bonds is 8. The highest BCUT2D eigenvalue weighted by atomic mass is 35.5. The van der Waals surface area contributed by atoms with Gasteiger partial charge >= 0.3 is 0 Å². The van der Waals surface area contributed by atoms with E-state index < -0.39 is 10.8 Å². The maximum Gasteiger partial charge on any atom is 0.293 e. The van der Waals surface area contributed by atoms with Crippen LogP contribution in [0.4, 0.5) is 10.5 Å². The van der Waals surface area contributed by atoms with Gasteiger partial charge in [-0.3, -0.25) is 24.6 Å². The maximum absolute atomic E-state index is 12.8. The van der Waals surface area contributed by atoms with Crippen LogP contribution in [0.1, 0.15) is 11.3 Å². The summed E-state index contributed by atoms with van der Waals surface area (Å²) >= 11 is 6.90. The number of hydrogen-bond donors (Lipinski definition) is 0. The van der Waals surface area contributed by atoms with Crippen LogP contribution in [0, 0.1) is 10.1 Å². The summed E-state index contributed by atoms with van der Waals surface area (Å²) in [5, 5.41) is 11.4. The number of nitro groups is 1. The molecule has 0 N–H and O–H groups in total. The van der Waals surface area contributed by atoms with Gasteiger partial charge in [0.15, 0.2) is 0 Å². The topological polar surface area (TPSA) is 94.7 Å². The molecule has 0 atom stereocenters. The molecule has 0 radical (unpaired) electrons. The number of nitrogens with zero attached hydrogens (tertiary/aromatic N) is 3. The molecule has 1 aromatic heterocycles. The number of carbonyl (C=O) groups is 2. The Morgan fingerprint density at radius 1 is 1.06 bits per heavy atom. The smallest absolute Gasteiger partial charge is 0.293 e. The highest BCUT2D eigenvalue weighted by Crippen LogP contribution is 2.32. The molecule has 0 spiro atoms. The van der Waals surface area contributed by atoms with Gasteiger partial charge in [-0.25, -0.2) is 0 Å². The summed E-state index contributed by atoms with van der Waals surface area (Å²) in [6, 6.07) is 17.0. The van der Waals surface area contributed by atoms with Crippen molar-refractivity contribution in [1.82, 2.24) is 9.47 Å². The average molecular weight is 484 g/mol. The number of thioether (sulfide) groups is 1. The number of imide groups is 1. The standard InChI is InChI=1S/C23H18ClN3O5S/c24-18-8-2-4-10-20(18)32-13-12-26-22(28)21(33-23(26)29)14-17-7-5-11-25(17)15-16-6-1-3-9-19(16)27(30)31/h1-11,14H,12-13,15H2/b21-14-. The van der Waals surface area contributed by atoms with Crippen LogP contribution in [0.2, 0.25) is 5.02 Å². The molecule has 10 heteroatoms. The van der Waals surface area contributed by atoms with Crippen molar-refractivity contribution in [2.45, 2.75) is 6.54 Å². The van der Waals surface area contributed by atoms with Crippen LogP contribution < -0.4 is 4.74 Å². The Morgan fingerprint density at radius 3 is 2.61 bits per heavy atom. The molecule has 0 unspecified atom stereocenters. The number of carbonyl (C=O) groups excluding carboxylic acids is 2. The first-order valence-corrected chi connectivity index (χ1v) is 11.1. The minimum absolute atomic E-state index is 0.0241. The molecule has 3 aromatic rings. The summed E-state index contributed by atoms with van der Waals surface area (Å²) in [5.41, 5.74) is 1.22. The van der Waals surface area contributed by atoms with Crippen LogP contribution in [-0.4, -0.2) is 38.7 Å². The SMILES string of the molecule is O=C1S/C(=C\c2cccn2Cc2ccccc2[N+](=O)[O-])C(=O)N1CCOc1ccccc1Cl. The van der Waals surface area contributed by atoms with Gasteiger partial charge in [0.2, 0.25) is 0 Å². The molecule has 1 aliphatic rings. The van der Waals surface area contributed by atoms with E-state index in [0.29, 0.717) is 22.0 Å². The van der Waals surface area contributed by atoms with Crippen molar-refractivity contribution < 1.29 is 19.2 Å². The lowest BCUT2D eigenvalue weighted by atomic mass is 10.2. The molecule has 4 rings (SSSR count). The second-order valence-corrected chi connectivity index (χ2v) is 8.46. The predicted molar refractivity (Wildman–Crippen MR) is 126 cm³/mol. The predicted octanol–water partition coefficient (Wildman–Crippen LogP) is 5.21. The van der Waals surface area contributed by atoms with Crippen molar-refractivity contribution in [2.24, 2.45) is 0 Å². The summed E-state index contributed by atoms with van der Waals surface area (Å²) in [7, 11) is 0. The zero-order valence-electron chi connectivity index (χ0n) is 17.2. The second kappa shape index (κ2) is 9.93. The van der Waals surface area contributed by atoms with Crippen molar-refractivity contribution >= 4 is 46.3 Å². The Bertz CT molecular complexity index is 1260. The Balaban J connectivity index is 1.46. The molecule has 1 aliphatic heterocycles. The number of para-hydroxylation sites is 2. The largest absolute Gasteiger partial charge is 0.490 e. The molecule has 8 nitrogen and oxygen atoms in total. The fraction of sp³-hybridized carbons (Fsp3) is 0.130. The van der Waals surface area contributed by atoms with Crippen LogP contribution in [0.25, 0.3) is 6.08 Å². The second-order valence-electron chi connectivity index (χ2n) is 7.06. The lowest BCUT2D eigenvalue weighted by Gasteiger charge is -2.13. The van der Waals surface area contributed by atoms with Crippen molar-refractivity contribution in [1.29, 1.82) is 0 Å². The van der Waals surface area contributed by atoms with Crippen molar-refractivity contribution in [3.8, 4) is 5.75 Å². The highest BCUT2D eigenvalue weighted by Gasteiger charge is 2.35. The number of ether oxygens (including phenoxy) is 1. The first kappa shape index (κ1) is 22.6. The van der Waals surface area contributed by atoms with E-state index in [2.05, 4.69) is 0 Å². The van der Waals surface area contributed by atoms with Crippen LogP contribution in [0.3, 0.4) is 0 Å². The number of benzene rings is 2. The zero-order chi connectivity index (χ0) is 23.4. The third-order valence-electron chi connectivity index (χ3n) is 4.96. The van der Waals surface area contributed by atoms with Gasteiger partial charge < -0.3 is 9.30 Å². The number of nitro benzene ring substituents is 1. The third-order valence-corrected chi connectivity index (χ3v) is 6.17. The van der Waals surface area contributed by atoms with E-state index in [0.717, 1.165) is 16.7 Å². The van der Waals surface area contributed by atoms with Gasteiger partial charge in [0.05, 0.1) is 27.9 Å². The molecule has 168 valence electrons. The summed E-state index contributed by atoms with van der Waals surface area (Å²) in [6.07, 6.45) is 3.39. The summed E-state index contributed by atoms with van der Waals surface area (Å²) in [5.74, 6) is 0.0701. The Labute approximate surface area is 198 Å². The van der Waals surface area contributed by atoms with Gasteiger partial charge in [0.1, 0.15) is 12.4 Å². The van der Waals surface area contributed by atoms with Gasteiger partial charge in [-0.15, -0.1) is 0 Å². The van der Waals surface area contributed by atoms with Gasteiger partial charge in [-0.05, 0) is 42.1 Å². The van der Waals surface area contributed by atoms with E-state index in [1.165, 1.54) is 6.07 Å². The van der Waals surface area contributed by atoms with E-state index >= 15 is 0 Å². The summed E-state index contributed by atoms with van der Waals surface area (Å²) in [4.78, 5) is 37.5. The van der Waals surface area contributed by atoms with E-state index in [1.54, 1.807) is 71.4 Å². The van der Waals surface area contributed by atoms with Crippen LogP contribution >= 0.6 is 23.4 Å². The molecule has 0 bridgehead atoms. The van der Waals surface area contributed by atoms with Gasteiger partial charge in [-0.1, -0.05) is 41.9 Å². The fourth-order valence-electron chi connectivity index (χ4n) is 3.34.